The van der Waals surface area contributed by atoms with Crippen molar-refractivity contribution in [2.24, 2.45) is 0 Å². The number of carbonyl (C=O) groups is 1. The molecule has 0 heterocycles. The van der Waals surface area contributed by atoms with Crippen molar-refractivity contribution in [1.82, 2.24) is 4.72 Å². The van der Waals surface area contributed by atoms with Gasteiger partial charge in [-0.25, -0.2) is 17.9 Å². The lowest BCUT2D eigenvalue weighted by Gasteiger charge is -2.11. The minimum Gasteiger partial charge on any atom is -0.465 e. The summed E-state index contributed by atoms with van der Waals surface area (Å²) >= 11 is 0. The van der Waals surface area contributed by atoms with Crippen molar-refractivity contribution in [3.05, 3.63) is 23.8 Å². The molecule has 0 unspecified atom stereocenters. The molecule has 0 saturated carbocycles. The lowest BCUT2D eigenvalue weighted by atomic mass is 10.2. The fourth-order valence-corrected chi connectivity index (χ4v) is 2.64. The molecule has 0 spiro atoms. The lowest BCUT2D eigenvalue weighted by molar-refractivity contribution is 0.0601. The summed E-state index contributed by atoms with van der Waals surface area (Å²) in [5, 5.41) is 0. The molecule has 7 heteroatoms. The highest BCUT2D eigenvalue weighted by Crippen LogP contribution is 2.18. The van der Waals surface area contributed by atoms with E-state index in [4.69, 9.17) is 5.73 Å². The van der Waals surface area contributed by atoms with Crippen molar-refractivity contribution in [3.8, 4) is 0 Å². The third kappa shape index (κ3) is 3.21. The van der Waals surface area contributed by atoms with Crippen molar-refractivity contribution in [3.63, 3.8) is 0 Å². The number of benzene rings is 1. The van der Waals surface area contributed by atoms with Gasteiger partial charge in [0.2, 0.25) is 10.0 Å². The Balaban J connectivity index is 3.24. The number of nitrogen functional groups attached to an aromatic ring is 1. The van der Waals surface area contributed by atoms with Crippen LogP contribution in [0, 0.1) is 0 Å². The van der Waals surface area contributed by atoms with Crippen LogP contribution in [0.1, 0.15) is 24.2 Å². The molecule has 0 bridgehead atoms. The first-order valence-corrected chi connectivity index (χ1v) is 6.76. The molecule has 0 aliphatic rings. The van der Waals surface area contributed by atoms with Gasteiger partial charge in [0.25, 0.3) is 0 Å². The first-order chi connectivity index (χ1) is 8.27. The maximum Gasteiger partial charge on any atom is 0.339 e. The van der Waals surface area contributed by atoms with Crippen molar-refractivity contribution < 1.29 is 17.9 Å². The van der Waals surface area contributed by atoms with Crippen LogP contribution in [0.15, 0.2) is 23.1 Å². The smallest absolute Gasteiger partial charge is 0.339 e. The SMILES string of the molecule is COC(=O)c1cc(S(=O)(=O)NC(C)C)ccc1N. The van der Waals surface area contributed by atoms with Gasteiger partial charge in [0.05, 0.1) is 17.6 Å². The third-order valence-corrected chi connectivity index (χ3v) is 3.79. The molecule has 1 rings (SSSR count). The van der Waals surface area contributed by atoms with E-state index in [0.717, 1.165) is 0 Å². The van der Waals surface area contributed by atoms with Crippen molar-refractivity contribution in [2.75, 3.05) is 12.8 Å². The van der Waals surface area contributed by atoms with Crippen LogP contribution in [-0.4, -0.2) is 27.5 Å². The van der Waals surface area contributed by atoms with Gasteiger partial charge in [-0.2, -0.15) is 0 Å². The highest BCUT2D eigenvalue weighted by molar-refractivity contribution is 7.89. The van der Waals surface area contributed by atoms with Crippen LogP contribution in [0.5, 0.6) is 0 Å². The van der Waals surface area contributed by atoms with E-state index in [1.807, 2.05) is 0 Å². The van der Waals surface area contributed by atoms with Gasteiger partial charge in [-0.05, 0) is 32.0 Å². The average Bonchev–Trinajstić information content (AvgIpc) is 2.26. The Kier molecular flexibility index (Phi) is 4.31. The predicted molar refractivity (Wildman–Crippen MR) is 67.7 cm³/mol. The quantitative estimate of drug-likeness (QED) is 0.622. The minimum absolute atomic E-state index is 0.0224. The Labute approximate surface area is 106 Å². The fraction of sp³-hybridized carbons (Fsp3) is 0.364. The Bertz CT molecular complexity index is 552. The maximum absolute atomic E-state index is 11.9. The van der Waals surface area contributed by atoms with Gasteiger partial charge in [-0.3, -0.25) is 0 Å². The number of nitrogens with two attached hydrogens (primary N) is 1. The number of ether oxygens (including phenoxy) is 1. The Morgan fingerprint density at radius 3 is 2.50 bits per heavy atom. The number of esters is 1. The largest absolute Gasteiger partial charge is 0.465 e. The third-order valence-electron chi connectivity index (χ3n) is 2.13. The minimum atomic E-state index is -3.65. The molecule has 0 aliphatic heterocycles. The molecule has 0 amide bonds. The van der Waals surface area contributed by atoms with Gasteiger partial charge in [0.1, 0.15) is 0 Å². The van der Waals surface area contributed by atoms with Gasteiger partial charge in [0.15, 0.2) is 0 Å². The lowest BCUT2D eigenvalue weighted by Crippen LogP contribution is -2.30. The standard InChI is InChI=1S/C11H16N2O4S/c1-7(2)13-18(15,16)8-4-5-10(12)9(6-8)11(14)17-3/h4-7,13H,12H2,1-3H3. The number of methoxy groups -OCH3 is 1. The molecule has 0 atom stereocenters. The molecule has 3 N–H and O–H groups in total. The molecule has 0 aliphatic carbocycles. The zero-order chi connectivity index (χ0) is 13.9. The van der Waals surface area contributed by atoms with Gasteiger partial charge < -0.3 is 10.5 Å². The van der Waals surface area contributed by atoms with Gasteiger partial charge in [-0.15, -0.1) is 0 Å². The summed E-state index contributed by atoms with van der Waals surface area (Å²) in [5.41, 5.74) is 5.80. The van der Waals surface area contributed by atoms with Crippen LogP contribution in [0.4, 0.5) is 5.69 Å². The summed E-state index contributed by atoms with van der Waals surface area (Å²) in [6.45, 7) is 3.41. The van der Waals surface area contributed by atoms with E-state index < -0.39 is 16.0 Å². The molecule has 0 fully saturated rings. The number of carbonyl (C=O) groups excluding carboxylic acids is 1. The van der Waals surface area contributed by atoms with E-state index in [-0.39, 0.29) is 22.2 Å². The molecule has 0 aromatic heterocycles. The number of rotatable bonds is 4. The van der Waals surface area contributed by atoms with E-state index in [1.54, 1.807) is 13.8 Å². The number of sulfonamides is 1. The van der Waals surface area contributed by atoms with E-state index in [1.165, 1.54) is 25.3 Å². The van der Waals surface area contributed by atoms with Gasteiger partial charge >= 0.3 is 5.97 Å². The molecule has 6 nitrogen and oxygen atoms in total. The summed E-state index contributed by atoms with van der Waals surface area (Å²) in [6, 6.07) is 3.66. The Hall–Kier alpha value is -1.60. The highest BCUT2D eigenvalue weighted by atomic mass is 32.2. The average molecular weight is 272 g/mol. The monoisotopic (exact) mass is 272 g/mol. The second-order valence-electron chi connectivity index (χ2n) is 4.02. The van der Waals surface area contributed by atoms with Crippen LogP contribution in [0.3, 0.4) is 0 Å². The van der Waals surface area contributed by atoms with Crippen molar-refractivity contribution in [2.45, 2.75) is 24.8 Å². The Morgan fingerprint density at radius 1 is 1.39 bits per heavy atom. The van der Waals surface area contributed by atoms with Crippen LogP contribution in [0.25, 0.3) is 0 Å². The van der Waals surface area contributed by atoms with Crippen LogP contribution in [0.2, 0.25) is 0 Å². The summed E-state index contributed by atoms with van der Waals surface area (Å²) < 4.78 is 30.8. The van der Waals surface area contributed by atoms with E-state index in [0.29, 0.717) is 0 Å². The summed E-state index contributed by atoms with van der Waals surface area (Å²) in [7, 11) is -2.45. The second-order valence-corrected chi connectivity index (χ2v) is 5.73. The molecule has 18 heavy (non-hydrogen) atoms. The first kappa shape index (κ1) is 14.5. The van der Waals surface area contributed by atoms with Crippen LogP contribution >= 0.6 is 0 Å². The first-order valence-electron chi connectivity index (χ1n) is 5.28. The molecular weight excluding hydrogens is 256 g/mol. The van der Waals surface area contributed by atoms with E-state index in [2.05, 4.69) is 9.46 Å². The predicted octanol–water partition coefficient (Wildman–Crippen LogP) is 0.742. The number of hydrogen-bond acceptors (Lipinski definition) is 5. The van der Waals surface area contributed by atoms with E-state index in [9.17, 15) is 13.2 Å². The van der Waals surface area contributed by atoms with Crippen molar-refractivity contribution >= 4 is 21.7 Å². The normalized spacial score (nSPS) is 11.6. The van der Waals surface area contributed by atoms with Crippen molar-refractivity contribution in [1.29, 1.82) is 0 Å². The number of nitrogens with one attached hydrogen (secondary N) is 1. The Morgan fingerprint density at radius 2 is 2.00 bits per heavy atom. The number of anilines is 1. The second kappa shape index (κ2) is 5.36. The van der Waals surface area contributed by atoms with Gasteiger partial charge in [-0.1, -0.05) is 0 Å². The van der Waals surface area contributed by atoms with Gasteiger partial charge in [0, 0.05) is 11.7 Å². The summed E-state index contributed by atoms with van der Waals surface area (Å²) in [5.74, 6) is -0.672. The van der Waals surface area contributed by atoms with E-state index >= 15 is 0 Å². The zero-order valence-electron chi connectivity index (χ0n) is 10.4. The summed E-state index contributed by atoms with van der Waals surface area (Å²) in [6.07, 6.45) is 0. The molecule has 0 saturated heterocycles. The maximum atomic E-state index is 11.9. The zero-order valence-corrected chi connectivity index (χ0v) is 11.2. The fourth-order valence-electron chi connectivity index (χ4n) is 1.37. The topological polar surface area (TPSA) is 98.5 Å². The van der Waals surface area contributed by atoms with Crippen LogP contribution < -0.4 is 10.5 Å². The summed E-state index contributed by atoms with van der Waals surface area (Å²) in [4.78, 5) is 11.4. The molecule has 1 aromatic carbocycles. The van der Waals surface area contributed by atoms with Crippen LogP contribution in [-0.2, 0) is 14.8 Å². The number of hydrogen-bond donors (Lipinski definition) is 2. The molecule has 1 aromatic rings. The highest BCUT2D eigenvalue weighted by Gasteiger charge is 2.19. The molecule has 100 valence electrons. The molecule has 0 radical (unpaired) electrons. The molecular formula is C11H16N2O4S.